The first-order chi connectivity index (χ1) is 11.2. The largest absolute Gasteiger partial charge is 0.423 e. The van der Waals surface area contributed by atoms with E-state index in [0.717, 1.165) is 25.1 Å². The summed E-state index contributed by atoms with van der Waals surface area (Å²) in [6, 6.07) is 1.90. The molecule has 1 fully saturated rings. The van der Waals surface area contributed by atoms with Gasteiger partial charge in [-0.05, 0) is 32.1 Å². The predicted octanol–water partition coefficient (Wildman–Crippen LogP) is 2.78. The number of alkyl halides is 3. The highest BCUT2D eigenvalue weighted by Crippen LogP contribution is 2.37. The zero-order chi connectivity index (χ0) is 17.9. The molecular formula is C14H17F3N4O3. The lowest BCUT2D eigenvalue weighted by Crippen LogP contribution is -2.37. The third-order valence-electron chi connectivity index (χ3n) is 3.76. The lowest BCUT2D eigenvalue weighted by Gasteiger charge is -2.21. The number of nitrogens with one attached hydrogen (secondary N) is 1. The van der Waals surface area contributed by atoms with E-state index in [2.05, 4.69) is 10.2 Å². The van der Waals surface area contributed by atoms with Crippen molar-refractivity contribution in [3.05, 3.63) is 33.9 Å². The molecule has 1 aliphatic heterocycles. The van der Waals surface area contributed by atoms with E-state index in [1.807, 2.05) is 7.05 Å². The number of urea groups is 1. The molecule has 1 aromatic rings. The van der Waals surface area contributed by atoms with Crippen LogP contribution in [0.2, 0.25) is 0 Å². The summed E-state index contributed by atoms with van der Waals surface area (Å²) in [5, 5.41) is 13.1. The number of benzene rings is 1. The Hall–Kier alpha value is -2.36. The third kappa shape index (κ3) is 4.34. The van der Waals surface area contributed by atoms with Crippen LogP contribution in [0.1, 0.15) is 12.0 Å². The van der Waals surface area contributed by atoms with Crippen LogP contribution in [0.5, 0.6) is 0 Å². The van der Waals surface area contributed by atoms with Crippen molar-refractivity contribution in [3.8, 4) is 0 Å². The quantitative estimate of drug-likeness (QED) is 0.660. The fourth-order valence-corrected chi connectivity index (χ4v) is 2.45. The van der Waals surface area contributed by atoms with Crippen molar-refractivity contribution in [1.29, 1.82) is 0 Å². The van der Waals surface area contributed by atoms with E-state index in [4.69, 9.17) is 0 Å². The SMILES string of the molecule is CN1CCCN(C(=O)Nc2ccc([N+](=O)[O-])c(C(F)(F)F)c2)CC1. The number of nitro groups is 1. The molecule has 0 atom stereocenters. The van der Waals surface area contributed by atoms with Gasteiger partial charge < -0.3 is 15.1 Å². The Kier molecular flexibility index (Phi) is 5.27. The number of carbonyl (C=O) groups excluding carboxylic acids is 1. The molecule has 0 radical (unpaired) electrons. The molecule has 0 aromatic heterocycles. The van der Waals surface area contributed by atoms with Crippen molar-refractivity contribution in [3.63, 3.8) is 0 Å². The third-order valence-corrected chi connectivity index (χ3v) is 3.76. The Morgan fingerprint density at radius 2 is 1.96 bits per heavy atom. The number of likely N-dealkylation sites (N-methyl/N-ethyl adjacent to an activating group) is 1. The number of anilines is 1. The smallest absolute Gasteiger partial charge is 0.323 e. The summed E-state index contributed by atoms with van der Waals surface area (Å²) >= 11 is 0. The van der Waals surface area contributed by atoms with Crippen LogP contribution in [0, 0.1) is 10.1 Å². The number of hydrogen-bond donors (Lipinski definition) is 1. The van der Waals surface area contributed by atoms with Crippen molar-refractivity contribution >= 4 is 17.4 Å². The van der Waals surface area contributed by atoms with Crippen LogP contribution in [0.25, 0.3) is 0 Å². The molecule has 0 saturated carbocycles. The Balaban J connectivity index is 2.17. The molecule has 7 nitrogen and oxygen atoms in total. The van der Waals surface area contributed by atoms with E-state index in [9.17, 15) is 28.1 Å². The number of rotatable bonds is 2. The monoisotopic (exact) mass is 346 g/mol. The summed E-state index contributed by atoms with van der Waals surface area (Å²) in [5.74, 6) is 0. The molecule has 24 heavy (non-hydrogen) atoms. The molecule has 1 aliphatic rings. The lowest BCUT2D eigenvalue weighted by molar-refractivity contribution is -0.388. The molecule has 1 aromatic carbocycles. The van der Waals surface area contributed by atoms with Gasteiger partial charge in [0.25, 0.3) is 5.69 Å². The van der Waals surface area contributed by atoms with Crippen molar-refractivity contribution in [2.24, 2.45) is 0 Å². The van der Waals surface area contributed by atoms with Gasteiger partial charge in [0.05, 0.1) is 4.92 Å². The molecule has 10 heteroatoms. The standard InChI is InChI=1S/C14H17F3N4O3/c1-19-5-2-6-20(8-7-19)13(22)18-10-3-4-12(21(23)24)11(9-10)14(15,16)17/h3-4,9H,2,5-8H2,1H3,(H,18,22). The average molecular weight is 346 g/mol. The van der Waals surface area contributed by atoms with E-state index in [1.54, 1.807) is 0 Å². The topological polar surface area (TPSA) is 78.7 Å². The molecule has 0 aliphatic carbocycles. The van der Waals surface area contributed by atoms with Crippen LogP contribution in [-0.4, -0.2) is 54.0 Å². The van der Waals surface area contributed by atoms with Crippen LogP contribution >= 0.6 is 0 Å². The molecule has 2 rings (SSSR count). The fourth-order valence-electron chi connectivity index (χ4n) is 2.45. The molecule has 1 N–H and O–H groups in total. The maximum absolute atomic E-state index is 12.9. The summed E-state index contributed by atoms with van der Waals surface area (Å²) in [7, 11) is 1.92. The molecule has 1 heterocycles. The zero-order valence-corrected chi connectivity index (χ0v) is 13.0. The Labute approximate surface area is 136 Å². The number of nitro benzene ring substituents is 1. The molecular weight excluding hydrogens is 329 g/mol. The zero-order valence-electron chi connectivity index (χ0n) is 13.0. The van der Waals surface area contributed by atoms with Gasteiger partial charge >= 0.3 is 12.2 Å². The number of nitrogens with zero attached hydrogens (tertiary/aromatic N) is 3. The Bertz CT molecular complexity index is 636. The maximum atomic E-state index is 12.9. The minimum Gasteiger partial charge on any atom is -0.323 e. The predicted molar refractivity (Wildman–Crippen MR) is 80.8 cm³/mol. The van der Waals surface area contributed by atoms with Crippen LogP contribution in [0.3, 0.4) is 0 Å². The summed E-state index contributed by atoms with van der Waals surface area (Å²) in [4.78, 5) is 25.4. The first kappa shape index (κ1) is 18.0. The molecule has 132 valence electrons. The van der Waals surface area contributed by atoms with Gasteiger partial charge in [0.2, 0.25) is 0 Å². The molecule has 0 unspecified atom stereocenters. The van der Waals surface area contributed by atoms with Crippen molar-refractivity contribution < 1.29 is 22.9 Å². The summed E-state index contributed by atoms with van der Waals surface area (Å²) in [5.41, 5.74) is -2.56. The van der Waals surface area contributed by atoms with Crippen LogP contribution < -0.4 is 5.32 Å². The Morgan fingerprint density at radius 1 is 1.25 bits per heavy atom. The molecule has 2 amide bonds. The molecule has 1 saturated heterocycles. The van der Waals surface area contributed by atoms with Gasteiger partial charge in [-0.1, -0.05) is 0 Å². The van der Waals surface area contributed by atoms with Gasteiger partial charge in [-0.2, -0.15) is 13.2 Å². The first-order valence-electron chi connectivity index (χ1n) is 7.28. The first-order valence-corrected chi connectivity index (χ1v) is 7.28. The lowest BCUT2D eigenvalue weighted by atomic mass is 10.1. The minimum absolute atomic E-state index is 0.129. The van der Waals surface area contributed by atoms with Gasteiger partial charge in [0.1, 0.15) is 5.56 Å². The number of amides is 2. The molecule has 0 bridgehead atoms. The summed E-state index contributed by atoms with van der Waals surface area (Å²) in [6.07, 6.45) is -4.12. The van der Waals surface area contributed by atoms with Gasteiger partial charge in [0, 0.05) is 31.4 Å². The minimum atomic E-state index is -4.88. The highest BCUT2D eigenvalue weighted by Gasteiger charge is 2.38. The highest BCUT2D eigenvalue weighted by atomic mass is 19.4. The van der Waals surface area contributed by atoms with E-state index in [0.29, 0.717) is 25.7 Å². The average Bonchev–Trinajstić information content (AvgIpc) is 2.71. The van der Waals surface area contributed by atoms with Crippen molar-refractivity contribution in [1.82, 2.24) is 9.80 Å². The van der Waals surface area contributed by atoms with Gasteiger partial charge in [0.15, 0.2) is 0 Å². The fraction of sp³-hybridized carbons (Fsp3) is 0.500. The maximum Gasteiger partial charge on any atom is 0.423 e. The van der Waals surface area contributed by atoms with Crippen LogP contribution in [0.15, 0.2) is 18.2 Å². The summed E-state index contributed by atoms with van der Waals surface area (Å²) < 4.78 is 38.8. The second-order valence-corrected chi connectivity index (χ2v) is 5.56. The number of halogens is 3. The van der Waals surface area contributed by atoms with Gasteiger partial charge in [-0.15, -0.1) is 0 Å². The van der Waals surface area contributed by atoms with E-state index >= 15 is 0 Å². The Morgan fingerprint density at radius 3 is 2.58 bits per heavy atom. The normalized spacial score (nSPS) is 16.6. The van der Waals surface area contributed by atoms with E-state index in [-0.39, 0.29) is 5.69 Å². The molecule has 0 spiro atoms. The van der Waals surface area contributed by atoms with E-state index in [1.165, 1.54) is 4.90 Å². The summed E-state index contributed by atoms with van der Waals surface area (Å²) in [6.45, 7) is 2.46. The van der Waals surface area contributed by atoms with Crippen molar-refractivity contribution in [2.75, 3.05) is 38.5 Å². The van der Waals surface area contributed by atoms with Gasteiger partial charge in [-0.25, -0.2) is 4.79 Å². The second kappa shape index (κ2) is 7.04. The van der Waals surface area contributed by atoms with Crippen LogP contribution in [-0.2, 0) is 6.18 Å². The second-order valence-electron chi connectivity index (χ2n) is 5.56. The van der Waals surface area contributed by atoms with E-state index < -0.39 is 28.4 Å². The van der Waals surface area contributed by atoms with Crippen molar-refractivity contribution in [2.45, 2.75) is 12.6 Å². The number of carbonyl (C=O) groups is 1. The van der Waals surface area contributed by atoms with Gasteiger partial charge in [-0.3, -0.25) is 10.1 Å². The highest BCUT2D eigenvalue weighted by molar-refractivity contribution is 5.89. The number of hydrogen-bond acceptors (Lipinski definition) is 4. The van der Waals surface area contributed by atoms with Crippen LogP contribution in [0.4, 0.5) is 29.3 Å².